The van der Waals surface area contributed by atoms with Crippen molar-refractivity contribution in [1.82, 2.24) is 5.32 Å². The number of hydrogen-bond donors (Lipinski definition) is 2. The fourth-order valence-corrected chi connectivity index (χ4v) is 3.07. The van der Waals surface area contributed by atoms with E-state index in [1.165, 1.54) is 48.5 Å². The Bertz CT molecular complexity index is 862. The van der Waals surface area contributed by atoms with Crippen molar-refractivity contribution in [3.8, 4) is 0 Å². The third-order valence-corrected chi connectivity index (χ3v) is 5.26. The Morgan fingerprint density at radius 3 is 2.24 bits per heavy atom. The number of amides is 1. The van der Waals surface area contributed by atoms with Crippen molar-refractivity contribution in [2.75, 3.05) is 4.72 Å². The van der Waals surface area contributed by atoms with E-state index in [1.54, 1.807) is 0 Å². The maximum Gasteiger partial charge on any atom is 0.261 e. The highest BCUT2D eigenvalue weighted by atomic mass is 32.2. The molecule has 1 amide bonds. The summed E-state index contributed by atoms with van der Waals surface area (Å²) in [5.41, 5.74) is -0.130. The molecule has 2 rings (SSSR count). The average molecular weight is 364 g/mol. The highest BCUT2D eigenvalue weighted by molar-refractivity contribution is 7.92. The monoisotopic (exact) mass is 364 g/mol. The van der Waals surface area contributed by atoms with Crippen molar-refractivity contribution in [3.63, 3.8) is 0 Å². The molecule has 0 aromatic heterocycles. The molecule has 5 nitrogen and oxygen atoms in total. The first-order chi connectivity index (χ1) is 11.6. The van der Waals surface area contributed by atoms with Crippen molar-refractivity contribution in [3.05, 3.63) is 59.9 Å². The van der Waals surface area contributed by atoms with Gasteiger partial charge < -0.3 is 5.32 Å². The second-order valence-corrected chi connectivity index (χ2v) is 7.98. The highest BCUT2D eigenvalue weighted by Gasteiger charge is 2.20. The molecular weight excluding hydrogens is 343 g/mol. The fourth-order valence-electron chi connectivity index (χ4n) is 2.00. The zero-order valence-corrected chi connectivity index (χ0v) is 15.2. The second kappa shape index (κ2) is 7.23. The Labute approximate surface area is 147 Å². The number of carbonyl (C=O) groups excluding carboxylic acids is 1. The lowest BCUT2D eigenvalue weighted by Gasteiger charge is -2.24. The first-order valence-corrected chi connectivity index (χ1v) is 9.33. The van der Waals surface area contributed by atoms with Gasteiger partial charge in [0.2, 0.25) is 0 Å². The molecule has 0 aliphatic rings. The molecule has 2 aromatic rings. The zero-order valence-electron chi connectivity index (χ0n) is 14.3. The van der Waals surface area contributed by atoms with E-state index in [0.29, 0.717) is 5.56 Å². The molecule has 0 aliphatic heterocycles. The summed E-state index contributed by atoms with van der Waals surface area (Å²) >= 11 is 0. The molecule has 0 saturated heterocycles. The lowest BCUT2D eigenvalue weighted by Crippen LogP contribution is -2.42. The van der Waals surface area contributed by atoms with Gasteiger partial charge in [0.05, 0.1) is 10.6 Å². The third-order valence-electron chi connectivity index (χ3n) is 3.88. The molecule has 0 bridgehead atoms. The zero-order chi connectivity index (χ0) is 18.7. The van der Waals surface area contributed by atoms with Crippen molar-refractivity contribution >= 4 is 21.6 Å². The minimum absolute atomic E-state index is 0.0537. The van der Waals surface area contributed by atoms with Gasteiger partial charge in [-0.05, 0) is 56.7 Å². The van der Waals surface area contributed by atoms with E-state index in [4.69, 9.17) is 0 Å². The molecule has 0 spiro atoms. The predicted molar refractivity (Wildman–Crippen MR) is 95.5 cm³/mol. The van der Waals surface area contributed by atoms with Crippen LogP contribution in [0.3, 0.4) is 0 Å². The van der Waals surface area contributed by atoms with Crippen molar-refractivity contribution < 1.29 is 17.6 Å². The van der Waals surface area contributed by atoms with Crippen LogP contribution in [0.4, 0.5) is 10.1 Å². The van der Waals surface area contributed by atoms with Crippen LogP contribution < -0.4 is 10.0 Å². The number of sulfonamides is 1. The van der Waals surface area contributed by atoms with Crippen LogP contribution in [-0.4, -0.2) is 19.9 Å². The number of nitrogens with one attached hydrogen (secondary N) is 2. The van der Waals surface area contributed by atoms with Gasteiger partial charge in [-0.15, -0.1) is 0 Å². The van der Waals surface area contributed by atoms with Crippen LogP contribution in [0.2, 0.25) is 0 Å². The first kappa shape index (κ1) is 18.9. The van der Waals surface area contributed by atoms with Gasteiger partial charge in [0.25, 0.3) is 15.9 Å². The molecule has 0 saturated carbocycles. The second-order valence-electron chi connectivity index (χ2n) is 6.30. The third kappa shape index (κ3) is 4.79. The normalized spacial score (nSPS) is 11.8. The summed E-state index contributed by atoms with van der Waals surface area (Å²) in [4.78, 5) is 12.1. The first-order valence-electron chi connectivity index (χ1n) is 7.84. The Morgan fingerprint density at radius 1 is 1.08 bits per heavy atom. The van der Waals surface area contributed by atoms with Crippen LogP contribution in [0.25, 0.3) is 0 Å². The molecule has 2 N–H and O–H groups in total. The van der Waals surface area contributed by atoms with Gasteiger partial charge in [0, 0.05) is 11.1 Å². The Morgan fingerprint density at radius 2 is 1.68 bits per heavy atom. The number of anilines is 1. The number of halogens is 1. The number of hydrogen-bond acceptors (Lipinski definition) is 3. The molecule has 134 valence electrons. The van der Waals surface area contributed by atoms with Gasteiger partial charge in [0.1, 0.15) is 5.82 Å². The van der Waals surface area contributed by atoms with Crippen LogP contribution in [0.5, 0.6) is 0 Å². The number of carbonyl (C=O) groups is 1. The van der Waals surface area contributed by atoms with E-state index < -0.39 is 15.8 Å². The van der Waals surface area contributed by atoms with Gasteiger partial charge in [-0.3, -0.25) is 9.52 Å². The van der Waals surface area contributed by atoms with Gasteiger partial charge >= 0.3 is 0 Å². The van der Waals surface area contributed by atoms with Crippen LogP contribution in [0.15, 0.2) is 53.4 Å². The quantitative estimate of drug-likeness (QED) is 0.823. The van der Waals surface area contributed by atoms with E-state index in [2.05, 4.69) is 10.0 Å². The molecule has 25 heavy (non-hydrogen) atoms. The van der Waals surface area contributed by atoms with Gasteiger partial charge in [-0.2, -0.15) is 0 Å². The standard InChI is InChI=1S/C18H21FN2O3S/c1-4-18(2,3)20-17(22)13-9-11-14(12-10-13)25(23,24)21-16-8-6-5-7-15(16)19/h5-12,21H,4H2,1-3H3,(H,20,22). The summed E-state index contributed by atoms with van der Waals surface area (Å²) in [6, 6.07) is 11.0. The maximum atomic E-state index is 13.6. The summed E-state index contributed by atoms with van der Waals surface area (Å²) in [7, 11) is -3.94. The van der Waals surface area contributed by atoms with Crippen LogP contribution in [0, 0.1) is 5.82 Å². The largest absolute Gasteiger partial charge is 0.347 e. The molecule has 0 unspecified atom stereocenters. The summed E-state index contributed by atoms with van der Waals surface area (Å²) in [5, 5.41) is 2.87. The molecule has 0 atom stereocenters. The van der Waals surface area contributed by atoms with Crippen LogP contribution >= 0.6 is 0 Å². The SMILES string of the molecule is CCC(C)(C)NC(=O)c1ccc(S(=O)(=O)Nc2ccccc2F)cc1. The lowest BCUT2D eigenvalue weighted by molar-refractivity contribution is 0.0911. The van der Waals surface area contributed by atoms with E-state index in [0.717, 1.165) is 6.42 Å². The van der Waals surface area contributed by atoms with E-state index >= 15 is 0 Å². The maximum absolute atomic E-state index is 13.6. The average Bonchev–Trinajstić information content (AvgIpc) is 2.56. The van der Waals surface area contributed by atoms with Crippen LogP contribution in [0.1, 0.15) is 37.6 Å². The molecule has 7 heteroatoms. The van der Waals surface area contributed by atoms with E-state index in [1.807, 2.05) is 20.8 Å². The number of rotatable bonds is 6. The smallest absolute Gasteiger partial charge is 0.261 e. The van der Waals surface area contributed by atoms with Gasteiger partial charge in [-0.1, -0.05) is 19.1 Å². The Kier molecular flexibility index (Phi) is 5.47. The van der Waals surface area contributed by atoms with E-state index in [-0.39, 0.29) is 22.0 Å². The molecule has 0 radical (unpaired) electrons. The molecule has 0 fully saturated rings. The summed E-state index contributed by atoms with van der Waals surface area (Å²) in [6.07, 6.45) is 0.762. The number of para-hydroxylation sites is 1. The van der Waals surface area contributed by atoms with Gasteiger partial charge in [0.15, 0.2) is 0 Å². The Hall–Kier alpha value is -2.41. The minimum Gasteiger partial charge on any atom is -0.347 e. The van der Waals surface area contributed by atoms with Gasteiger partial charge in [-0.25, -0.2) is 12.8 Å². The van der Waals surface area contributed by atoms with Crippen molar-refractivity contribution in [2.45, 2.75) is 37.6 Å². The lowest BCUT2D eigenvalue weighted by atomic mass is 10.0. The summed E-state index contributed by atoms with van der Waals surface area (Å²) in [5.74, 6) is -0.943. The topological polar surface area (TPSA) is 75.3 Å². The molecular formula is C18H21FN2O3S. The molecule has 0 heterocycles. The van der Waals surface area contributed by atoms with E-state index in [9.17, 15) is 17.6 Å². The molecule has 0 aliphatic carbocycles. The summed E-state index contributed by atoms with van der Waals surface area (Å²) < 4.78 is 40.5. The summed E-state index contributed by atoms with van der Waals surface area (Å²) in [6.45, 7) is 5.77. The fraction of sp³-hybridized carbons (Fsp3) is 0.278. The minimum atomic E-state index is -3.94. The highest BCUT2D eigenvalue weighted by Crippen LogP contribution is 2.19. The van der Waals surface area contributed by atoms with Crippen molar-refractivity contribution in [1.29, 1.82) is 0 Å². The Balaban J connectivity index is 2.19. The van der Waals surface area contributed by atoms with Crippen molar-refractivity contribution in [2.24, 2.45) is 0 Å². The predicted octanol–water partition coefficient (Wildman–Crippen LogP) is 3.54. The molecule has 2 aromatic carbocycles. The number of benzene rings is 2. The van der Waals surface area contributed by atoms with Crippen LogP contribution in [-0.2, 0) is 10.0 Å².